The molecule has 0 aliphatic heterocycles. The van der Waals surface area contributed by atoms with Crippen molar-refractivity contribution in [2.45, 2.75) is 12.5 Å². The largest absolute Gasteiger partial charge is 0.508 e. The SMILES string of the molecule is COc1cc(O)ccc1C(=O)C(O)Cc1ccc(O)cc1. The summed E-state index contributed by atoms with van der Waals surface area (Å²) in [6, 6.07) is 10.4. The van der Waals surface area contributed by atoms with Crippen LogP contribution in [0, 0.1) is 0 Å². The van der Waals surface area contributed by atoms with Crippen LogP contribution in [0.2, 0.25) is 0 Å². The molecule has 5 nitrogen and oxygen atoms in total. The summed E-state index contributed by atoms with van der Waals surface area (Å²) in [6.45, 7) is 0. The zero-order chi connectivity index (χ0) is 15.4. The van der Waals surface area contributed by atoms with Gasteiger partial charge in [0.2, 0.25) is 0 Å². The van der Waals surface area contributed by atoms with Crippen molar-refractivity contribution < 1.29 is 24.9 Å². The molecule has 2 aromatic carbocycles. The number of benzene rings is 2. The summed E-state index contributed by atoms with van der Waals surface area (Å²) in [5, 5.41) is 28.6. The van der Waals surface area contributed by atoms with Crippen LogP contribution in [0.15, 0.2) is 42.5 Å². The molecule has 0 aliphatic rings. The van der Waals surface area contributed by atoms with Crippen LogP contribution in [0.4, 0.5) is 0 Å². The fourth-order valence-corrected chi connectivity index (χ4v) is 2.01. The summed E-state index contributed by atoms with van der Waals surface area (Å²) in [5.41, 5.74) is 0.938. The highest BCUT2D eigenvalue weighted by molar-refractivity contribution is 6.02. The average molecular weight is 288 g/mol. The molecule has 3 N–H and O–H groups in total. The van der Waals surface area contributed by atoms with Crippen molar-refractivity contribution in [2.24, 2.45) is 0 Å². The van der Waals surface area contributed by atoms with E-state index in [1.165, 1.54) is 37.4 Å². The van der Waals surface area contributed by atoms with Crippen LogP contribution in [-0.4, -0.2) is 34.3 Å². The second-order valence-electron chi connectivity index (χ2n) is 4.64. The molecule has 21 heavy (non-hydrogen) atoms. The summed E-state index contributed by atoms with van der Waals surface area (Å²) in [5.74, 6) is -0.166. The van der Waals surface area contributed by atoms with Crippen LogP contribution in [0.5, 0.6) is 17.2 Å². The number of Topliss-reactive ketones (excluding diaryl/α,β-unsaturated/α-hetero) is 1. The molecule has 0 radical (unpaired) electrons. The molecule has 0 heterocycles. The number of hydrogen-bond acceptors (Lipinski definition) is 5. The topological polar surface area (TPSA) is 87.0 Å². The lowest BCUT2D eigenvalue weighted by Crippen LogP contribution is -2.23. The average Bonchev–Trinajstić information content (AvgIpc) is 2.48. The minimum Gasteiger partial charge on any atom is -0.508 e. The van der Waals surface area contributed by atoms with Gasteiger partial charge in [-0.25, -0.2) is 0 Å². The molecule has 0 aromatic heterocycles. The second-order valence-corrected chi connectivity index (χ2v) is 4.64. The van der Waals surface area contributed by atoms with Gasteiger partial charge in [-0.1, -0.05) is 12.1 Å². The number of rotatable bonds is 5. The van der Waals surface area contributed by atoms with Crippen LogP contribution in [0.1, 0.15) is 15.9 Å². The summed E-state index contributed by atoms with van der Waals surface area (Å²) < 4.78 is 5.04. The van der Waals surface area contributed by atoms with Gasteiger partial charge in [0.1, 0.15) is 23.4 Å². The fraction of sp³-hybridized carbons (Fsp3) is 0.188. The molecule has 0 bridgehead atoms. The van der Waals surface area contributed by atoms with E-state index in [1.807, 2.05) is 0 Å². The van der Waals surface area contributed by atoms with Crippen molar-refractivity contribution >= 4 is 5.78 Å². The standard InChI is InChI=1S/C16H16O5/c1-21-15-9-12(18)6-7-13(15)16(20)14(19)8-10-2-4-11(17)5-3-10/h2-7,9,14,17-19H,8H2,1H3. The molecule has 2 aromatic rings. The Labute approximate surface area is 122 Å². The molecule has 0 fully saturated rings. The number of phenols is 2. The van der Waals surface area contributed by atoms with Gasteiger partial charge in [0, 0.05) is 12.5 Å². The van der Waals surface area contributed by atoms with E-state index in [0.717, 1.165) is 5.56 Å². The van der Waals surface area contributed by atoms with Crippen molar-refractivity contribution in [1.82, 2.24) is 0 Å². The molecule has 1 unspecified atom stereocenters. The zero-order valence-electron chi connectivity index (χ0n) is 11.5. The quantitative estimate of drug-likeness (QED) is 0.731. The molecule has 5 heteroatoms. The van der Waals surface area contributed by atoms with Crippen LogP contribution in [0.3, 0.4) is 0 Å². The maximum absolute atomic E-state index is 12.2. The number of aromatic hydroxyl groups is 2. The normalized spacial score (nSPS) is 11.9. The van der Waals surface area contributed by atoms with E-state index in [9.17, 15) is 20.1 Å². The number of aliphatic hydroxyl groups is 1. The number of carbonyl (C=O) groups is 1. The number of carbonyl (C=O) groups excluding carboxylic acids is 1. The van der Waals surface area contributed by atoms with Crippen LogP contribution >= 0.6 is 0 Å². The summed E-state index contributed by atoms with van der Waals surface area (Å²) in [7, 11) is 1.39. The minimum atomic E-state index is -1.23. The number of aliphatic hydroxyl groups excluding tert-OH is 1. The van der Waals surface area contributed by atoms with Gasteiger partial charge in [-0.2, -0.15) is 0 Å². The Morgan fingerprint density at radius 3 is 2.33 bits per heavy atom. The maximum atomic E-state index is 12.2. The number of ether oxygens (including phenoxy) is 1. The van der Waals surface area contributed by atoms with Gasteiger partial charge in [-0.3, -0.25) is 4.79 Å². The first-order valence-corrected chi connectivity index (χ1v) is 6.38. The Kier molecular flexibility index (Phi) is 4.45. The number of phenolic OH excluding ortho intramolecular Hbond substituents is 2. The Bertz CT molecular complexity index is 634. The molecule has 0 amide bonds. The number of ketones is 1. The second kappa shape index (κ2) is 6.28. The highest BCUT2D eigenvalue weighted by Gasteiger charge is 2.21. The Balaban J connectivity index is 2.17. The van der Waals surface area contributed by atoms with Crippen molar-refractivity contribution in [2.75, 3.05) is 7.11 Å². The van der Waals surface area contributed by atoms with E-state index in [4.69, 9.17) is 4.74 Å². The molecule has 0 saturated heterocycles. The van der Waals surface area contributed by atoms with Crippen molar-refractivity contribution in [3.05, 3.63) is 53.6 Å². The minimum absolute atomic E-state index is 0.0172. The number of hydrogen-bond donors (Lipinski definition) is 3. The lowest BCUT2D eigenvalue weighted by molar-refractivity contribution is 0.0744. The summed E-state index contributed by atoms with van der Waals surface area (Å²) in [6.07, 6.45) is -1.10. The van der Waals surface area contributed by atoms with Crippen LogP contribution in [-0.2, 0) is 6.42 Å². The van der Waals surface area contributed by atoms with Crippen LogP contribution < -0.4 is 4.74 Å². The van der Waals surface area contributed by atoms with Gasteiger partial charge in [-0.05, 0) is 29.8 Å². The van der Waals surface area contributed by atoms with E-state index in [2.05, 4.69) is 0 Å². The van der Waals surface area contributed by atoms with E-state index < -0.39 is 11.9 Å². The lowest BCUT2D eigenvalue weighted by Gasteiger charge is -2.13. The number of methoxy groups -OCH3 is 1. The van der Waals surface area contributed by atoms with Gasteiger partial charge in [-0.15, -0.1) is 0 Å². The zero-order valence-corrected chi connectivity index (χ0v) is 11.5. The Morgan fingerprint density at radius 1 is 1.10 bits per heavy atom. The van der Waals surface area contributed by atoms with E-state index in [0.29, 0.717) is 0 Å². The van der Waals surface area contributed by atoms with Crippen molar-refractivity contribution in [3.8, 4) is 17.2 Å². The molecule has 0 saturated carbocycles. The lowest BCUT2D eigenvalue weighted by atomic mass is 9.99. The first-order chi connectivity index (χ1) is 10.0. The molecular formula is C16H16O5. The smallest absolute Gasteiger partial charge is 0.195 e. The van der Waals surface area contributed by atoms with E-state index in [1.54, 1.807) is 12.1 Å². The summed E-state index contributed by atoms with van der Waals surface area (Å²) in [4.78, 5) is 12.2. The third-order valence-corrected chi connectivity index (χ3v) is 3.12. The Morgan fingerprint density at radius 2 is 1.71 bits per heavy atom. The van der Waals surface area contributed by atoms with E-state index >= 15 is 0 Å². The predicted octanol–water partition coefficient (Wildman–Crippen LogP) is 1.89. The predicted molar refractivity (Wildman–Crippen MR) is 76.8 cm³/mol. The highest BCUT2D eigenvalue weighted by Crippen LogP contribution is 2.25. The van der Waals surface area contributed by atoms with Gasteiger partial charge in [0.15, 0.2) is 5.78 Å². The molecule has 0 spiro atoms. The summed E-state index contributed by atoms with van der Waals surface area (Å²) >= 11 is 0. The van der Waals surface area contributed by atoms with Crippen molar-refractivity contribution in [1.29, 1.82) is 0 Å². The fourth-order valence-electron chi connectivity index (χ4n) is 2.01. The molecular weight excluding hydrogens is 272 g/mol. The maximum Gasteiger partial charge on any atom is 0.195 e. The highest BCUT2D eigenvalue weighted by atomic mass is 16.5. The molecule has 110 valence electrons. The third-order valence-electron chi connectivity index (χ3n) is 3.12. The van der Waals surface area contributed by atoms with E-state index in [-0.39, 0.29) is 29.2 Å². The molecule has 1 atom stereocenters. The first-order valence-electron chi connectivity index (χ1n) is 6.38. The first kappa shape index (κ1) is 14.9. The molecule has 2 rings (SSSR count). The van der Waals surface area contributed by atoms with Crippen LogP contribution in [0.25, 0.3) is 0 Å². The van der Waals surface area contributed by atoms with Gasteiger partial charge < -0.3 is 20.1 Å². The van der Waals surface area contributed by atoms with Gasteiger partial charge >= 0.3 is 0 Å². The molecule has 0 aliphatic carbocycles. The van der Waals surface area contributed by atoms with Crippen molar-refractivity contribution in [3.63, 3.8) is 0 Å². The monoisotopic (exact) mass is 288 g/mol. The van der Waals surface area contributed by atoms with Gasteiger partial charge in [0.25, 0.3) is 0 Å². The van der Waals surface area contributed by atoms with Gasteiger partial charge in [0.05, 0.1) is 12.7 Å². The Hall–Kier alpha value is -2.53. The third kappa shape index (κ3) is 3.52.